The van der Waals surface area contributed by atoms with E-state index < -0.39 is 0 Å². The number of rotatable bonds is 5. The predicted octanol–water partition coefficient (Wildman–Crippen LogP) is 13.4. The molecule has 0 aliphatic rings. The molecular formula is C46H29NO2. The number of para-hydroxylation sites is 2. The van der Waals surface area contributed by atoms with Crippen molar-refractivity contribution in [2.75, 3.05) is 4.90 Å². The summed E-state index contributed by atoms with van der Waals surface area (Å²) in [5, 5.41) is 6.80. The Morgan fingerprint density at radius 1 is 0.306 bits per heavy atom. The van der Waals surface area contributed by atoms with E-state index in [-0.39, 0.29) is 0 Å². The fourth-order valence-electron chi connectivity index (χ4n) is 7.32. The standard InChI is InChI=1S/C46H29NO2/c1-3-11-31(12-4-1)40-29-42-38-25-24-35(28-45(38)49-46(42)39-17-8-7-15-36(39)40)47(33-13-5-2-6-14-33)34-22-19-30(20-23-34)32-21-26-44-41(27-32)37-16-9-10-18-43(37)48-44/h1-29H. The summed E-state index contributed by atoms with van der Waals surface area (Å²) in [5.41, 5.74) is 11.5. The van der Waals surface area contributed by atoms with Crippen LogP contribution in [-0.2, 0) is 0 Å². The summed E-state index contributed by atoms with van der Waals surface area (Å²) in [4.78, 5) is 2.29. The van der Waals surface area contributed by atoms with E-state index in [4.69, 9.17) is 8.83 Å². The highest BCUT2D eigenvalue weighted by Crippen LogP contribution is 2.43. The predicted molar refractivity (Wildman–Crippen MR) is 204 cm³/mol. The van der Waals surface area contributed by atoms with Gasteiger partial charge in [-0.25, -0.2) is 0 Å². The number of hydrogen-bond acceptors (Lipinski definition) is 3. The molecule has 2 aromatic heterocycles. The molecular weight excluding hydrogens is 599 g/mol. The Kier molecular flexibility index (Phi) is 6.18. The number of fused-ring (bicyclic) bond motifs is 8. The van der Waals surface area contributed by atoms with Crippen LogP contribution in [0.3, 0.4) is 0 Å². The largest absolute Gasteiger partial charge is 0.456 e. The van der Waals surface area contributed by atoms with Gasteiger partial charge in [-0.05, 0) is 88.3 Å². The first-order chi connectivity index (χ1) is 24.3. The number of nitrogens with zero attached hydrogens (tertiary/aromatic N) is 1. The lowest BCUT2D eigenvalue weighted by Crippen LogP contribution is -2.09. The van der Waals surface area contributed by atoms with Gasteiger partial charge in [-0.3, -0.25) is 0 Å². The molecule has 0 fully saturated rings. The minimum absolute atomic E-state index is 0.862. The lowest BCUT2D eigenvalue weighted by molar-refractivity contribution is 0.669. The molecule has 8 aromatic carbocycles. The first-order valence-corrected chi connectivity index (χ1v) is 16.6. The molecule has 3 heteroatoms. The van der Waals surface area contributed by atoms with Crippen LogP contribution in [0.4, 0.5) is 17.1 Å². The Morgan fingerprint density at radius 2 is 0.918 bits per heavy atom. The van der Waals surface area contributed by atoms with Crippen molar-refractivity contribution in [2.24, 2.45) is 0 Å². The van der Waals surface area contributed by atoms with E-state index in [0.29, 0.717) is 0 Å². The molecule has 3 nitrogen and oxygen atoms in total. The lowest BCUT2D eigenvalue weighted by Gasteiger charge is -2.25. The Labute approximate surface area is 282 Å². The van der Waals surface area contributed by atoms with E-state index in [1.54, 1.807) is 0 Å². The second-order valence-electron chi connectivity index (χ2n) is 12.5. The summed E-state index contributed by atoms with van der Waals surface area (Å²) in [7, 11) is 0. The molecule has 0 aliphatic carbocycles. The van der Waals surface area contributed by atoms with Gasteiger partial charge in [0.15, 0.2) is 0 Å². The molecule has 0 radical (unpaired) electrons. The van der Waals surface area contributed by atoms with Crippen LogP contribution in [-0.4, -0.2) is 0 Å². The van der Waals surface area contributed by atoms with Crippen molar-refractivity contribution < 1.29 is 8.83 Å². The molecule has 0 unspecified atom stereocenters. The lowest BCUT2D eigenvalue weighted by atomic mass is 9.95. The number of anilines is 3. The number of furan rings is 2. The van der Waals surface area contributed by atoms with Gasteiger partial charge in [0, 0.05) is 50.1 Å². The number of hydrogen-bond donors (Lipinski definition) is 0. The molecule has 230 valence electrons. The number of benzene rings is 8. The second-order valence-corrected chi connectivity index (χ2v) is 12.5. The molecule has 10 rings (SSSR count). The van der Waals surface area contributed by atoms with Gasteiger partial charge in [-0.15, -0.1) is 0 Å². The molecule has 49 heavy (non-hydrogen) atoms. The van der Waals surface area contributed by atoms with Crippen LogP contribution in [0.1, 0.15) is 0 Å². The van der Waals surface area contributed by atoms with Crippen LogP contribution in [0.15, 0.2) is 185 Å². The quantitative estimate of drug-likeness (QED) is 0.190. The van der Waals surface area contributed by atoms with Crippen molar-refractivity contribution in [1.82, 2.24) is 0 Å². The molecule has 0 amide bonds. The van der Waals surface area contributed by atoms with Crippen molar-refractivity contribution in [2.45, 2.75) is 0 Å². The van der Waals surface area contributed by atoms with E-state index in [2.05, 4.69) is 169 Å². The van der Waals surface area contributed by atoms with E-state index in [1.165, 1.54) is 16.5 Å². The zero-order valence-corrected chi connectivity index (χ0v) is 26.5. The molecule has 0 bridgehead atoms. The third-order valence-electron chi connectivity index (χ3n) is 9.66. The summed E-state index contributed by atoms with van der Waals surface area (Å²) < 4.78 is 12.8. The third kappa shape index (κ3) is 4.51. The van der Waals surface area contributed by atoms with Gasteiger partial charge in [0.1, 0.15) is 22.3 Å². The fraction of sp³-hybridized carbons (Fsp3) is 0. The summed E-state index contributed by atoms with van der Waals surface area (Å²) in [6.07, 6.45) is 0. The van der Waals surface area contributed by atoms with Crippen LogP contribution in [0, 0.1) is 0 Å². The monoisotopic (exact) mass is 627 g/mol. The molecule has 0 aliphatic heterocycles. The minimum Gasteiger partial charge on any atom is -0.456 e. The van der Waals surface area contributed by atoms with Gasteiger partial charge >= 0.3 is 0 Å². The maximum atomic E-state index is 6.72. The average molecular weight is 628 g/mol. The van der Waals surface area contributed by atoms with Crippen LogP contribution < -0.4 is 4.90 Å². The van der Waals surface area contributed by atoms with E-state index >= 15 is 0 Å². The highest BCUT2D eigenvalue weighted by molar-refractivity contribution is 6.19. The van der Waals surface area contributed by atoms with E-state index in [0.717, 1.165) is 77.5 Å². The van der Waals surface area contributed by atoms with Gasteiger partial charge < -0.3 is 13.7 Å². The van der Waals surface area contributed by atoms with Gasteiger partial charge in [0.2, 0.25) is 0 Å². The summed E-state index contributed by atoms with van der Waals surface area (Å²) >= 11 is 0. The molecule has 0 N–H and O–H groups in total. The van der Waals surface area contributed by atoms with Crippen LogP contribution in [0.25, 0.3) is 76.9 Å². The second kappa shape index (κ2) is 11.0. The van der Waals surface area contributed by atoms with Crippen molar-refractivity contribution in [1.29, 1.82) is 0 Å². The molecule has 10 aromatic rings. The Morgan fingerprint density at radius 3 is 1.73 bits per heavy atom. The topological polar surface area (TPSA) is 29.5 Å². The van der Waals surface area contributed by atoms with Crippen molar-refractivity contribution >= 4 is 71.7 Å². The van der Waals surface area contributed by atoms with E-state index in [1.807, 2.05) is 12.1 Å². The molecule has 0 saturated heterocycles. The average Bonchev–Trinajstić information content (AvgIpc) is 3.73. The SMILES string of the molecule is c1ccc(-c2cc3c4ccc(N(c5ccccc5)c5ccc(-c6ccc7oc8ccccc8c7c6)cc5)cc4oc3c3ccccc23)cc1. The summed E-state index contributed by atoms with van der Waals surface area (Å²) in [6.45, 7) is 0. The van der Waals surface area contributed by atoms with Gasteiger partial charge in [0.25, 0.3) is 0 Å². The minimum atomic E-state index is 0.862. The summed E-state index contributed by atoms with van der Waals surface area (Å²) in [6, 6.07) is 62.0. The Balaban J connectivity index is 1.09. The maximum Gasteiger partial charge on any atom is 0.143 e. The van der Waals surface area contributed by atoms with Crippen molar-refractivity contribution in [3.05, 3.63) is 176 Å². The third-order valence-corrected chi connectivity index (χ3v) is 9.66. The highest BCUT2D eigenvalue weighted by Gasteiger charge is 2.18. The van der Waals surface area contributed by atoms with Crippen molar-refractivity contribution in [3.63, 3.8) is 0 Å². The highest BCUT2D eigenvalue weighted by atomic mass is 16.3. The molecule has 0 spiro atoms. The van der Waals surface area contributed by atoms with Crippen LogP contribution in [0.5, 0.6) is 0 Å². The van der Waals surface area contributed by atoms with Crippen LogP contribution in [0.2, 0.25) is 0 Å². The van der Waals surface area contributed by atoms with Gasteiger partial charge in [-0.1, -0.05) is 109 Å². The summed E-state index contributed by atoms with van der Waals surface area (Å²) in [5.74, 6) is 0. The van der Waals surface area contributed by atoms with Gasteiger partial charge in [-0.2, -0.15) is 0 Å². The zero-order chi connectivity index (χ0) is 32.3. The van der Waals surface area contributed by atoms with Crippen molar-refractivity contribution in [3.8, 4) is 22.3 Å². The Hall–Kier alpha value is -6.58. The van der Waals surface area contributed by atoms with Gasteiger partial charge in [0.05, 0.1) is 0 Å². The molecule has 2 heterocycles. The maximum absolute atomic E-state index is 6.72. The first-order valence-electron chi connectivity index (χ1n) is 16.6. The molecule has 0 saturated carbocycles. The smallest absolute Gasteiger partial charge is 0.143 e. The first kappa shape index (κ1) is 27.5. The Bertz CT molecular complexity index is 2810. The normalized spacial score (nSPS) is 11.7. The zero-order valence-electron chi connectivity index (χ0n) is 26.5. The molecule has 0 atom stereocenters. The van der Waals surface area contributed by atoms with Crippen LogP contribution >= 0.6 is 0 Å². The van der Waals surface area contributed by atoms with E-state index in [9.17, 15) is 0 Å². The fourth-order valence-corrected chi connectivity index (χ4v) is 7.32.